The first-order valence-corrected chi connectivity index (χ1v) is 19.4. The quantitative estimate of drug-likeness (QED) is 0.403. The number of nitrogens with one attached hydrogen (secondary N) is 1. The van der Waals surface area contributed by atoms with Crippen LogP contribution in [0.25, 0.3) is 22.2 Å². The number of carbonyl (C=O) groups excluding carboxylic acids is 2. The summed E-state index contributed by atoms with van der Waals surface area (Å²) in [5.74, 6) is 0.892. The number of hydrogen-bond donors (Lipinski definition) is 1. The van der Waals surface area contributed by atoms with Crippen LogP contribution in [-0.4, -0.2) is 91.3 Å². The van der Waals surface area contributed by atoms with Crippen LogP contribution in [0.3, 0.4) is 0 Å². The van der Waals surface area contributed by atoms with Crippen LogP contribution >= 0.6 is 0 Å². The third kappa shape index (κ3) is 4.75. The van der Waals surface area contributed by atoms with Crippen molar-refractivity contribution in [3.63, 3.8) is 0 Å². The normalized spacial score (nSPS) is 28.4. The number of nitrogens with zero attached hydrogens (tertiary/aromatic N) is 4. The SMILES string of the molecule is COc1ccc2c(c1)C1CC1(C(=O)N1CCN3CCC1CC3)Cn1c-2c(C2CCCCC2)c2ccc(C(=O)NS(=O)(=O)N3CCC3)cc21. The zero-order chi connectivity index (χ0) is 32.8. The summed E-state index contributed by atoms with van der Waals surface area (Å²) in [6.45, 7) is 5.20. The smallest absolute Gasteiger partial charge is 0.304 e. The van der Waals surface area contributed by atoms with Gasteiger partial charge in [0.25, 0.3) is 5.91 Å². The Bertz CT molecular complexity index is 1920. The molecule has 1 aromatic heterocycles. The van der Waals surface area contributed by atoms with Crippen molar-refractivity contribution in [1.29, 1.82) is 0 Å². The molecule has 2 aromatic carbocycles. The van der Waals surface area contributed by atoms with Gasteiger partial charge in [-0.3, -0.25) is 9.59 Å². The van der Waals surface area contributed by atoms with Crippen LogP contribution < -0.4 is 9.46 Å². The van der Waals surface area contributed by atoms with Gasteiger partial charge in [0.15, 0.2) is 0 Å². The molecular formula is C37H45N5O5S. The molecule has 10 rings (SSSR count). The minimum atomic E-state index is -3.89. The van der Waals surface area contributed by atoms with Crippen LogP contribution in [0, 0.1) is 5.41 Å². The Morgan fingerprint density at radius 2 is 1.69 bits per heavy atom. The number of hydrogen-bond acceptors (Lipinski definition) is 6. The van der Waals surface area contributed by atoms with Gasteiger partial charge in [-0.2, -0.15) is 12.7 Å². The second-order valence-electron chi connectivity index (χ2n) is 15.0. The number of carbonyl (C=O) groups is 2. The molecule has 2 bridgehead atoms. The summed E-state index contributed by atoms with van der Waals surface area (Å²) in [6, 6.07) is 12.3. The molecule has 5 aliphatic heterocycles. The van der Waals surface area contributed by atoms with E-state index < -0.39 is 21.5 Å². The second-order valence-corrected chi connectivity index (χ2v) is 16.7. The molecule has 2 saturated carbocycles. The first kappa shape index (κ1) is 30.6. The van der Waals surface area contributed by atoms with Gasteiger partial charge in [-0.1, -0.05) is 25.3 Å². The highest BCUT2D eigenvalue weighted by Gasteiger charge is 2.64. The number of methoxy groups -OCH3 is 1. The number of ether oxygens (including phenoxy) is 1. The van der Waals surface area contributed by atoms with Gasteiger partial charge in [0, 0.05) is 79.8 Å². The second kappa shape index (κ2) is 11.3. The van der Waals surface area contributed by atoms with Gasteiger partial charge < -0.3 is 19.1 Å². The van der Waals surface area contributed by atoms with Gasteiger partial charge >= 0.3 is 10.2 Å². The van der Waals surface area contributed by atoms with Gasteiger partial charge in [-0.05, 0) is 85.9 Å². The molecule has 0 spiro atoms. The molecule has 2 atom stereocenters. The third-order valence-electron chi connectivity index (χ3n) is 12.5. The highest BCUT2D eigenvalue weighted by molar-refractivity contribution is 7.87. The van der Waals surface area contributed by atoms with Crippen LogP contribution in [0.2, 0.25) is 0 Å². The molecule has 11 heteroatoms. The van der Waals surface area contributed by atoms with E-state index in [4.69, 9.17) is 4.74 Å². The maximum atomic E-state index is 15.0. The van der Waals surface area contributed by atoms with Crippen LogP contribution in [0.4, 0.5) is 0 Å². The molecule has 10 nitrogen and oxygen atoms in total. The Kier molecular flexibility index (Phi) is 7.22. The molecular weight excluding hydrogens is 627 g/mol. The zero-order valence-corrected chi connectivity index (χ0v) is 28.6. The average Bonchev–Trinajstić information content (AvgIpc) is 3.82. The number of piperidine rings is 1. The number of rotatable bonds is 6. The Labute approximate surface area is 282 Å². The Hall–Kier alpha value is -3.41. The molecule has 6 fully saturated rings. The van der Waals surface area contributed by atoms with Crippen LogP contribution in [0.1, 0.15) is 91.1 Å². The largest absolute Gasteiger partial charge is 0.497 e. The van der Waals surface area contributed by atoms with Crippen molar-refractivity contribution in [2.75, 3.05) is 46.4 Å². The molecule has 6 heterocycles. The summed E-state index contributed by atoms with van der Waals surface area (Å²) in [6.07, 6.45) is 9.44. The molecule has 254 valence electrons. The summed E-state index contributed by atoms with van der Waals surface area (Å²) < 4.78 is 37.4. The molecule has 4 saturated heterocycles. The maximum absolute atomic E-state index is 15.0. The van der Waals surface area contributed by atoms with E-state index in [0.717, 1.165) is 92.6 Å². The van der Waals surface area contributed by atoms with Crippen molar-refractivity contribution in [2.24, 2.45) is 5.41 Å². The van der Waals surface area contributed by atoms with Crippen molar-refractivity contribution in [1.82, 2.24) is 23.4 Å². The van der Waals surface area contributed by atoms with Gasteiger partial charge in [-0.25, -0.2) is 4.72 Å². The number of amides is 2. The Morgan fingerprint density at radius 1 is 0.896 bits per heavy atom. The lowest BCUT2D eigenvalue weighted by Crippen LogP contribution is -2.49. The van der Waals surface area contributed by atoms with E-state index in [9.17, 15) is 18.0 Å². The summed E-state index contributed by atoms with van der Waals surface area (Å²) in [5, 5.41) is 1.10. The number of fused-ring (bicyclic) bond motifs is 11. The summed E-state index contributed by atoms with van der Waals surface area (Å²) in [7, 11) is -2.19. The highest BCUT2D eigenvalue weighted by Crippen LogP contribution is 2.66. The van der Waals surface area contributed by atoms with Gasteiger partial charge in [0.1, 0.15) is 5.75 Å². The lowest BCUT2D eigenvalue weighted by Gasteiger charge is -2.34. The van der Waals surface area contributed by atoms with E-state index in [-0.39, 0.29) is 17.9 Å². The molecule has 7 aliphatic rings. The fourth-order valence-electron chi connectivity index (χ4n) is 9.63. The van der Waals surface area contributed by atoms with Crippen molar-refractivity contribution < 1.29 is 22.7 Å². The summed E-state index contributed by atoms with van der Waals surface area (Å²) >= 11 is 0. The predicted octanol–water partition coefficient (Wildman–Crippen LogP) is 4.84. The molecule has 0 radical (unpaired) electrons. The lowest BCUT2D eigenvalue weighted by atomic mass is 9.81. The van der Waals surface area contributed by atoms with E-state index in [1.165, 1.54) is 34.7 Å². The van der Waals surface area contributed by atoms with Gasteiger partial charge in [-0.15, -0.1) is 0 Å². The Balaban J connectivity index is 1.21. The predicted molar refractivity (Wildman–Crippen MR) is 183 cm³/mol. The molecule has 2 aliphatic carbocycles. The van der Waals surface area contributed by atoms with Crippen molar-refractivity contribution in [3.8, 4) is 17.0 Å². The fourth-order valence-corrected chi connectivity index (χ4v) is 10.9. The topological polar surface area (TPSA) is 104 Å². The van der Waals surface area contributed by atoms with E-state index in [0.29, 0.717) is 31.1 Å². The number of aromatic nitrogens is 1. The minimum absolute atomic E-state index is 0.0816. The molecule has 3 aromatic rings. The minimum Gasteiger partial charge on any atom is -0.497 e. The van der Waals surface area contributed by atoms with Crippen LogP contribution in [-0.2, 0) is 21.5 Å². The molecule has 2 amide bonds. The zero-order valence-electron chi connectivity index (χ0n) is 27.7. The fraction of sp³-hybridized carbons (Fsp3) is 0.568. The monoisotopic (exact) mass is 671 g/mol. The highest BCUT2D eigenvalue weighted by atomic mass is 32.2. The molecule has 1 N–H and O–H groups in total. The maximum Gasteiger partial charge on any atom is 0.304 e. The van der Waals surface area contributed by atoms with Crippen LogP contribution in [0.5, 0.6) is 5.75 Å². The summed E-state index contributed by atoms with van der Waals surface area (Å²) in [4.78, 5) is 33.2. The Morgan fingerprint density at radius 3 is 2.42 bits per heavy atom. The van der Waals surface area contributed by atoms with Crippen molar-refractivity contribution in [2.45, 2.75) is 82.2 Å². The first-order valence-electron chi connectivity index (χ1n) is 18.0. The lowest BCUT2D eigenvalue weighted by molar-refractivity contribution is -0.140. The average molecular weight is 672 g/mol. The van der Waals surface area contributed by atoms with Gasteiger partial charge in [0.2, 0.25) is 5.91 Å². The first-order chi connectivity index (χ1) is 23.3. The van der Waals surface area contributed by atoms with Crippen LogP contribution in [0.15, 0.2) is 36.4 Å². The molecule has 48 heavy (non-hydrogen) atoms. The summed E-state index contributed by atoms with van der Waals surface area (Å²) in [5.41, 5.74) is 5.43. The van der Waals surface area contributed by atoms with Crippen molar-refractivity contribution in [3.05, 3.63) is 53.1 Å². The van der Waals surface area contributed by atoms with E-state index in [2.05, 4.69) is 31.2 Å². The van der Waals surface area contributed by atoms with Crippen molar-refractivity contribution >= 4 is 32.9 Å². The number of benzene rings is 2. The standard InChI is InChI=1S/C37H45N5O5S/c1-47-27-9-11-28-30(21-27)31-22-37(31,36(44)41-19-18-39-16-12-26(41)13-17-39)23-42-32-20-25(35(43)38-48(45,46)40-14-5-15-40)8-10-29(32)33(34(28)42)24-6-3-2-4-7-24/h8-11,20-21,24,26,31H,2-7,12-19,22-23H2,1H3,(H,38,43). The van der Waals surface area contributed by atoms with E-state index >= 15 is 0 Å². The van der Waals surface area contributed by atoms with Gasteiger partial charge in [0.05, 0.1) is 18.2 Å². The third-order valence-corrected chi connectivity index (χ3v) is 14.0. The molecule has 2 unspecified atom stereocenters. The van der Waals surface area contributed by atoms with E-state index in [1.54, 1.807) is 13.2 Å². The van der Waals surface area contributed by atoms with E-state index in [1.807, 2.05) is 18.2 Å².